The van der Waals surface area contributed by atoms with E-state index in [-0.39, 0.29) is 6.42 Å². The first-order valence-electron chi connectivity index (χ1n) is 12.2. The Balaban J connectivity index is 1.71. The lowest BCUT2D eigenvalue weighted by Gasteiger charge is -2.37. The molecule has 1 atom stereocenters. The zero-order valence-corrected chi connectivity index (χ0v) is 21.2. The molecule has 0 unspecified atom stereocenters. The number of rotatable bonds is 7. The number of nitrogens with zero attached hydrogens (tertiary/aromatic N) is 2. The SMILES string of the molecule is CC(C)(C)OC(=O)NC1(C(=O)N[C@H](C#N)Cc2ccc(-c3ccc(=O)n(C(F)F)c3)cc2)CCCCC1. The summed E-state index contributed by atoms with van der Waals surface area (Å²) in [4.78, 5) is 37.4. The number of carbonyl (C=O) groups is 2. The van der Waals surface area contributed by atoms with Crippen molar-refractivity contribution in [1.29, 1.82) is 5.26 Å². The Morgan fingerprint density at radius 3 is 2.27 bits per heavy atom. The third-order valence-corrected chi connectivity index (χ3v) is 6.22. The van der Waals surface area contributed by atoms with E-state index in [2.05, 4.69) is 16.7 Å². The second kappa shape index (κ2) is 11.5. The van der Waals surface area contributed by atoms with Gasteiger partial charge in [0.15, 0.2) is 0 Å². The van der Waals surface area contributed by atoms with Gasteiger partial charge in [-0.05, 0) is 56.4 Å². The first-order chi connectivity index (χ1) is 17.4. The molecule has 0 bridgehead atoms. The van der Waals surface area contributed by atoms with E-state index >= 15 is 0 Å². The summed E-state index contributed by atoms with van der Waals surface area (Å²) in [5.41, 5.74) is -0.833. The molecule has 198 valence electrons. The second-order valence-electron chi connectivity index (χ2n) is 10.3. The van der Waals surface area contributed by atoms with Gasteiger partial charge in [0.2, 0.25) is 5.91 Å². The van der Waals surface area contributed by atoms with Crippen LogP contribution in [0.4, 0.5) is 13.6 Å². The molecule has 1 aliphatic carbocycles. The second-order valence-corrected chi connectivity index (χ2v) is 10.3. The van der Waals surface area contributed by atoms with Crippen molar-refractivity contribution in [2.24, 2.45) is 0 Å². The Kier molecular flexibility index (Phi) is 8.69. The van der Waals surface area contributed by atoms with E-state index < -0.39 is 41.3 Å². The lowest BCUT2D eigenvalue weighted by atomic mass is 9.80. The first-order valence-corrected chi connectivity index (χ1v) is 12.2. The smallest absolute Gasteiger partial charge is 0.408 e. The summed E-state index contributed by atoms with van der Waals surface area (Å²) in [5, 5.41) is 15.3. The number of amides is 2. The lowest BCUT2D eigenvalue weighted by molar-refractivity contribution is -0.129. The Bertz CT molecular complexity index is 1210. The average molecular weight is 515 g/mol. The Hall–Kier alpha value is -3.74. The van der Waals surface area contributed by atoms with E-state index in [1.807, 2.05) is 0 Å². The topological polar surface area (TPSA) is 113 Å². The summed E-state index contributed by atoms with van der Waals surface area (Å²) in [5.74, 6) is -0.421. The molecule has 8 nitrogen and oxygen atoms in total. The van der Waals surface area contributed by atoms with Crippen molar-refractivity contribution in [2.45, 2.75) is 83.0 Å². The van der Waals surface area contributed by atoms with Crippen molar-refractivity contribution >= 4 is 12.0 Å². The fraction of sp³-hybridized carbons (Fsp3) is 0.481. The molecule has 1 heterocycles. The lowest BCUT2D eigenvalue weighted by Crippen LogP contribution is -2.61. The van der Waals surface area contributed by atoms with Gasteiger partial charge in [-0.15, -0.1) is 0 Å². The summed E-state index contributed by atoms with van der Waals surface area (Å²) < 4.78 is 31.8. The van der Waals surface area contributed by atoms with Gasteiger partial charge in [-0.1, -0.05) is 43.5 Å². The van der Waals surface area contributed by atoms with Gasteiger partial charge in [0.05, 0.1) is 6.07 Å². The number of benzene rings is 1. The third-order valence-electron chi connectivity index (χ3n) is 6.22. The number of nitriles is 1. The minimum atomic E-state index is -2.94. The standard InChI is InChI=1S/C27H32F2N4O4/c1-26(2,3)37-25(36)32-27(13-5-4-6-14-27)23(35)31-21(16-30)15-18-7-9-19(10-8-18)20-11-12-22(34)33(17-20)24(28)29/h7-12,17,21,24H,4-6,13-15H2,1-3H3,(H,31,35)(H,32,36)/t21-/m0/s1. The molecule has 1 fully saturated rings. The Morgan fingerprint density at radius 1 is 1.08 bits per heavy atom. The fourth-order valence-electron chi connectivity index (χ4n) is 4.38. The number of ether oxygens (including phenoxy) is 1. The predicted octanol–water partition coefficient (Wildman–Crippen LogP) is 4.69. The quantitative estimate of drug-likeness (QED) is 0.557. The van der Waals surface area contributed by atoms with Crippen LogP contribution in [0.15, 0.2) is 47.4 Å². The first kappa shape index (κ1) is 27.8. The van der Waals surface area contributed by atoms with E-state index in [0.29, 0.717) is 28.5 Å². The highest BCUT2D eigenvalue weighted by molar-refractivity contribution is 5.90. The van der Waals surface area contributed by atoms with Crippen molar-refractivity contribution in [2.75, 3.05) is 0 Å². The number of halogens is 2. The molecule has 1 aromatic carbocycles. The highest BCUT2D eigenvalue weighted by atomic mass is 19.3. The van der Waals surface area contributed by atoms with Crippen molar-refractivity contribution in [3.8, 4) is 17.2 Å². The van der Waals surface area contributed by atoms with Crippen LogP contribution in [0.3, 0.4) is 0 Å². The number of hydrogen-bond donors (Lipinski definition) is 2. The summed E-state index contributed by atoms with van der Waals surface area (Å²) in [6.45, 7) is 2.29. The minimum Gasteiger partial charge on any atom is -0.444 e. The number of alkyl carbamates (subject to hydrolysis) is 1. The molecule has 2 amide bonds. The van der Waals surface area contributed by atoms with Crippen molar-refractivity contribution in [1.82, 2.24) is 15.2 Å². The molecule has 0 spiro atoms. The third kappa shape index (κ3) is 7.38. The van der Waals surface area contributed by atoms with Crippen molar-refractivity contribution in [3.05, 3.63) is 58.5 Å². The van der Waals surface area contributed by atoms with E-state index in [9.17, 15) is 28.4 Å². The molecule has 10 heteroatoms. The molecule has 0 radical (unpaired) electrons. The molecule has 2 N–H and O–H groups in total. The van der Waals surface area contributed by atoms with Gasteiger partial charge in [-0.25, -0.2) is 4.79 Å². The van der Waals surface area contributed by atoms with E-state index in [0.717, 1.165) is 37.1 Å². The van der Waals surface area contributed by atoms with Crippen LogP contribution in [-0.4, -0.2) is 33.7 Å². The highest BCUT2D eigenvalue weighted by Crippen LogP contribution is 2.29. The highest BCUT2D eigenvalue weighted by Gasteiger charge is 2.42. The summed E-state index contributed by atoms with van der Waals surface area (Å²) in [7, 11) is 0. The monoisotopic (exact) mass is 514 g/mol. The van der Waals surface area contributed by atoms with Gasteiger partial charge < -0.3 is 15.4 Å². The van der Waals surface area contributed by atoms with Crippen LogP contribution in [0.2, 0.25) is 0 Å². The van der Waals surface area contributed by atoms with Crippen LogP contribution < -0.4 is 16.2 Å². The van der Waals surface area contributed by atoms with E-state index in [1.54, 1.807) is 45.0 Å². The number of nitrogens with one attached hydrogen (secondary N) is 2. The van der Waals surface area contributed by atoms with E-state index in [1.165, 1.54) is 6.07 Å². The maximum Gasteiger partial charge on any atom is 0.408 e. The molecule has 2 aromatic rings. The van der Waals surface area contributed by atoms with Gasteiger partial charge in [0, 0.05) is 18.7 Å². The zero-order chi connectivity index (χ0) is 27.2. The van der Waals surface area contributed by atoms with Gasteiger partial charge in [0.25, 0.3) is 5.56 Å². The number of alkyl halides is 2. The molecular weight excluding hydrogens is 482 g/mol. The normalized spacial score (nSPS) is 15.9. The van der Waals surface area contributed by atoms with Crippen LogP contribution in [0.25, 0.3) is 11.1 Å². The molecule has 1 aliphatic rings. The summed E-state index contributed by atoms with van der Waals surface area (Å²) in [6, 6.07) is 10.7. The maximum atomic E-state index is 13.3. The number of carbonyl (C=O) groups excluding carboxylic acids is 2. The Labute approximate surface area is 214 Å². The van der Waals surface area contributed by atoms with Crippen LogP contribution in [0.1, 0.15) is 65.0 Å². The van der Waals surface area contributed by atoms with Gasteiger partial charge >= 0.3 is 12.6 Å². The molecule has 0 saturated heterocycles. The molecular formula is C27H32F2N4O4. The fourth-order valence-corrected chi connectivity index (χ4v) is 4.38. The number of hydrogen-bond acceptors (Lipinski definition) is 5. The van der Waals surface area contributed by atoms with Crippen LogP contribution in [0.5, 0.6) is 0 Å². The minimum absolute atomic E-state index is 0.210. The van der Waals surface area contributed by atoms with Crippen molar-refractivity contribution in [3.63, 3.8) is 0 Å². The molecule has 37 heavy (non-hydrogen) atoms. The average Bonchev–Trinajstić information content (AvgIpc) is 2.83. The predicted molar refractivity (Wildman–Crippen MR) is 134 cm³/mol. The largest absolute Gasteiger partial charge is 0.444 e. The van der Waals surface area contributed by atoms with Crippen molar-refractivity contribution < 1.29 is 23.1 Å². The van der Waals surface area contributed by atoms with Crippen LogP contribution in [-0.2, 0) is 16.0 Å². The Morgan fingerprint density at radius 2 is 1.70 bits per heavy atom. The molecule has 1 saturated carbocycles. The number of aromatic nitrogens is 1. The van der Waals surface area contributed by atoms with Gasteiger partial charge in [0.1, 0.15) is 17.2 Å². The van der Waals surface area contributed by atoms with E-state index in [4.69, 9.17) is 4.74 Å². The number of pyridine rings is 1. The summed E-state index contributed by atoms with van der Waals surface area (Å²) >= 11 is 0. The molecule has 3 rings (SSSR count). The van der Waals surface area contributed by atoms with Gasteiger partial charge in [-0.3, -0.25) is 14.2 Å². The maximum absolute atomic E-state index is 13.3. The van der Waals surface area contributed by atoms with Crippen LogP contribution in [0, 0.1) is 11.3 Å². The summed E-state index contributed by atoms with van der Waals surface area (Å²) in [6.07, 6.45) is 4.02. The van der Waals surface area contributed by atoms with Gasteiger partial charge in [-0.2, -0.15) is 14.0 Å². The van der Waals surface area contributed by atoms with Crippen LogP contribution >= 0.6 is 0 Å². The molecule has 1 aromatic heterocycles. The molecule has 0 aliphatic heterocycles. The zero-order valence-electron chi connectivity index (χ0n) is 21.2.